The van der Waals surface area contributed by atoms with E-state index >= 15 is 0 Å². The van der Waals surface area contributed by atoms with Gasteiger partial charge in [-0.25, -0.2) is 0 Å². The summed E-state index contributed by atoms with van der Waals surface area (Å²) < 4.78 is 23.1. The quantitative estimate of drug-likeness (QED) is 0.0358. The zero-order chi connectivity index (χ0) is 46.9. The van der Waals surface area contributed by atoms with Crippen molar-refractivity contribution >= 4 is 72.8 Å². The molecular formula is C54H86BaO10. The standard InChI is InChI=1S/2C27H44O5.Ba/c2*1-3-15-25(31-22-24-16-9-8-10-17-24)18-11-6-4-5-7-12-19-26(32-23(2)28)20-13-14-21-27(29)30;/h2*8-10,16-17,25-26H,3-7,11-15,18-22H2,1-2H3,(H,29,30);/q;;+2/p-2. The Bertz CT molecular complexity index is 1320. The number of aliphatic carboxylic acids is 2. The van der Waals surface area contributed by atoms with Gasteiger partial charge in [0.05, 0.1) is 25.4 Å². The number of esters is 2. The number of ether oxygens (including phenoxy) is 4. The maximum absolute atomic E-state index is 11.3. The molecule has 0 fully saturated rings. The summed E-state index contributed by atoms with van der Waals surface area (Å²) >= 11 is 0. The number of carbonyl (C=O) groups excluding carboxylic acids is 4. The van der Waals surface area contributed by atoms with E-state index in [1.807, 2.05) is 12.1 Å². The molecule has 0 amide bonds. The van der Waals surface area contributed by atoms with Gasteiger partial charge in [-0.05, 0) is 114 Å². The van der Waals surface area contributed by atoms with Gasteiger partial charge < -0.3 is 38.7 Å². The molecule has 10 nitrogen and oxygen atoms in total. The monoisotopic (exact) mass is 1030 g/mol. The maximum Gasteiger partial charge on any atom is 2.00 e. The summed E-state index contributed by atoms with van der Waals surface area (Å²) in [4.78, 5) is 43.6. The number of rotatable bonds is 40. The fourth-order valence-corrected chi connectivity index (χ4v) is 8.02. The Morgan fingerprint density at radius 1 is 0.415 bits per heavy atom. The van der Waals surface area contributed by atoms with E-state index in [2.05, 4.69) is 62.4 Å². The third kappa shape index (κ3) is 40.6. The van der Waals surface area contributed by atoms with E-state index in [9.17, 15) is 29.4 Å². The van der Waals surface area contributed by atoms with E-state index in [0.717, 1.165) is 103 Å². The van der Waals surface area contributed by atoms with E-state index < -0.39 is 11.9 Å². The Morgan fingerprint density at radius 2 is 0.692 bits per heavy atom. The van der Waals surface area contributed by atoms with Gasteiger partial charge >= 0.3 is 60.8 Å². The number of carboxylic acids is 2. The summed E-state index contributed by atoms with van der Waals surface area (Å²) in [5.74, 6) is -2.55. The van der Waals surface area contributed by atoms with Gasteiger partial charge in [-0.15, -0.1) is 0 Å². The average Bonchev–Trinajstić information content (AvgIpc) is 3.26. The van der Waals surface area contributed by atoms with E-state index in [1.165, 1.54) is 76.3 Å². The van der Waals surface area contributed by atoms with Gasteiger partial charge in [0.25, 0.3) is 0 Å². The smallest absolute Gasteiger partial charge is 0.550 e. The molecule has 65 heavy (non-hydrogen) atoms. The topological polar surface area (TPSA) is 151 Å². The second-order valence-electron chi connectivity index (χ2n) is 17.5. The molecule has 0 bridgehead atoms. The van der Waals surface area contributed by atoms with Crippen molar-refractivity contribution in [2.75, 3.05) is 0 Å². The second kappa shape index (κ2) is 44.3. The molecule has 0 aliphatic rings. The van der Waals surface area contributed by atoms with Crippen LogP contribution in [0.4, 0.5) is 0 Å². The Hall–Kier alpha value is -2.19. The van der Waals surface area contributed by atoms with Crippen molar-refractivity contribution in [1.29, 1.82) is 0 Å². The van der Waals surface area contributed by atoms with Gasteiger partial charge in [-0.3, -0.25) is 9.59 Å². The van der Waals surface area contributed by atoms with Crippen molar-refractivity contribution < 1.29 is 48.3 Å². The van der Waals surface area contributed by atoms with Crippen LogP contribution >= 0.6 is 0 Å². The van der Waals surface area contributed by atoms with Crippen molar-refractivity contribution in [2.24, 2.45) is 0 Å². The van der Waals surface area contributed by atoms with E-state index in [4.69, 9.17) is 18.9 Å². The normalized spacial score (nSPS) is 12.7. The molecule has 0 aliphatic carbocycles. The summed E-state index contributed by atoms with van der Waals surface area (Å²) in [5, 5.41) is 21.0. The van der Waals surface area contributed by atoms with Crippen molar-refractivity contribution in [1.82, 2.24) is 0 Å². The Balaban J connectivity index is 0.00000124. The minimum Gasteiger partial charge on any atom is -0.550 e. The van der Waals surface area contributed by atoms with Gasteiger partial charge in [-0.2, -0.15) is 0 Å². The first-order valence-electron chi connectivity index (χ1n) is 25.1. The van der Waals surface area contributed by atoms with Crippen molar-refractivity contribution in [3.63, 3.8) is 0 Å². The van der Waals surface area contributed by atoms with Crippen LogP contribution in [0.2, 0.25) is 0 Å². The summed E-state index contributed by atoms with van der Waals surface area (Å²) in [6.45, 7) is 8.69. The molecule has 0 aromatic heterocycles. The minimum absolute atomic E-state index is 0. The SMILES string of the molecule is CCCC(CCCCCCCCC(CCCCC(=O)[O-])OC(C)=O)OCc1ccccc1.CCCC(CCCCCCCCC(CCCCC(=O)[O-])OC(C)=O)OCc1ccccc1.[Ba+2]. The molecule has 0 radical (unpaired) electrons. The van der Waals surface area contributed by atoms with Crippen LogP contribution in [0, 0.1) is 0 Å². The van der Waals surface area contributed by atoms with Crippen molar-refractivity contribution in [2.45, 2.75) is 245 Å². The molecule has 4 unspecified atom stereocenters. The molecule has 0 heterocycles. The van der Waals surface area contributed by atoms with Crippen LogP contribution < -0.4 is 10.2 Å². The molecule has 0 saturated heterocycles. The summed E-state index contributed by atoms with van der Waals surface area (Å²) in [7, 11) is 0. The zero-order valence-electron chi connectivity index (χ0n) is 41.1. The van der Waals surface area contributed by atoms with E-state index in [0.29, 0.717) is 38.3 Å². The van der Waals surface area contributed by atoms with Crippen LogP contribution in [0.25, 0.3) is 0 Å². The zero-order valence-corrected chi connectivity index (χ0v) is 45.5. The average molecular weight is 1030 g/mol. The van der Waals surface area contributed by atoms with Crippen LogP contribution in [-0.4, -0.2) is 97.2 Å². The van der Waals surface area contributed by atoms with E-state index in [1.54, 1.807) is 0 Å². The number of hydrogen-bond donors (Lipinski definition) is 0. The molecule has 2 aromatic carbocycles. The molecule has 0 aliphatic heterocycles. The van der Waals surface area contributed by atoms with Crippen LogP contribution in [0.1, 0.15) is 219 Å². The second-order valence-corrected chi connectivity index (χ2v) is 17.5. The fourth-order valence-electron chi connectivity index (χ4n) is 8.02. The fraction of sp³-hybridized carbons (Fsp3) is 0.704. The van der Waals surface area contributed by atoms with Crippen LogP contribution in [0.5, 0.6) is 0 Å². The molecule has 4 atom stereocenters. The Morgan fingerprint density at radius 3 is 0.969 bits per heavy atom. The maximum atomic E-state index is 11.3. The summed E-state index contributed by atoms with van der Waals surface area (Å²) in [5.41, 5.74) is 2.47. The third-order valence-corrected chi connectivity index (χ3v) is 11.5. The number of carboxylic acid groups (broad SMARTS) is 2. The van der Waals surface area contributed by atoms with Gasteiger partial charge in [0.1, 0.15) is 12.2 Å². The number of unbranched alkanes of at least 4 members (excludes halogenated alkanes) is 12. The first-order chi connectivity index (χ1) is 31.0. The first-order valence-corrected chi connectivity index (χ1v) is 25.1. The van der Waals surface area contributed by atoms with Crippen LogP contribution in [-0.2, 0) is 51.3 Å². The molecule has 2 aromatic rings. The van der Waals surface area contributed by atoms with Gasteiger partial charge in [0.2, 0.25) is 0 Å². The molecule has 0 saturated carbocycles. The largest absolute Gasteiger partial charge is 2.00 e. The van der Waals surface area contributed by atoms with Gasteiger partial charge in [0, 0.05) is 25.8 Å². The molecular weight excluding hydrogens is 946 g/mol. The van der Waals surface area contributed by atoms with Gasteiger partial charge in [-0.1, -0.05) is 152 Å². The van der Waals surface area contributed by atoms with Crippen molar-refractivity contribution in [3.05, 3.63) is 71.8 Å². The molecule has 0 N–H and O–H groups in total. The number of hydrogen-bond acceptors (Lipinski definition) is 10. The predicted octanol–water partition coefficient (Wildman–Crippen LogP) is 11.1. The molecule has 11 heteroatoms. The van der Waals surface area contributed by atoms with Crippen LogP contribution in [0.15, 0.2) is 60.7 Å². The van der Waals surface area contributed by atoms with Crippen molar-refractivity contribution in [3.8, 4) is 0 Å². The first kappa shape index (κ1) is 62.8. The summed E-state index contributed by atoms with van der Waals surface area (Å²) in [6, 6.07) is 20.7. The number of carbonyl (C=O) groups is 4. The number of benzene rings is 2. The predicted molar refractivity (Wildman–Crippen MR) is 258 cm³/mol. The molecule has 2 rings (SSSR count). The molecule has 364 valence electrons. The minimum atomic E-state index is -1.02. The Kier molecular flexibility index (Phi) is 42.8. The third-order valence-electron chi connectivity index (χ3n) is 11.5. The van der Waals surface area contributed by atoms with Gasteiger partial charge in [0.15, 0.2) is 0 Å². The Labute approximate surface area is 434 Å². The molecule has 0 spiro atoms. The van der Waals surface area contributed by atoms with E-state index in [-0.39, 0.29) is 85.9 Å². The summed E-state index contributed by atoms with van der Waals surface area (Å²) in [6.07, 6.45) is 27.3. The van der Waals surface area contributed by atoms with Crippen LogP contribution in [0.3, 0.4) is 0 Å².